The maximum atomic E-state index is 5.34. The minimum Gasteiger partial charge on any atom is -0.461 e. The van der Waals surface area contributed by atoms with Crippen molar-refractivity contribution in [2.45, 2.75) is 5.16 Å². The zero-order valence-electron chi connectivity index (χ0n) is 10.1. The Morgan fingerprint density at radius 3 is 3.11 bits per heavy atom. The lowest BCUT2D eigenvalue weighted by atomic mass is 10.4. The third-order valence-corrected chi connectivity index (χ3v) is 2.92. The van der Waals surface area contributed by atoms with Crippen LogP contribution in [0, 0.1) is 0 Å². The molecule has 0 fully saturated rings. The number of ether oxygens (including phenoxy) is 2. The van der Waals surface area contributed by atoms with Crippen LogP contribution in [-0.2, 0) is 9.47 Å². The van der Waals surface area contributed by atoms with E-state index in [1.807, 2.05) is 12.1 Å². The molecule has 2 aromatic heterocycles. The molecule has 6 nitrogen and oxygen atoms in total. The molecular weight excluding hydrogens is 254 g/mol. The lowest BCUT2D eigenvalue weighted by Gasteiger charge is -2.01. The van der Waals surface area contributed by atoms with Crippen LogP contribution >= 0.6 is 11.8 Å². The number of H-pyrrole nitrogens is 1. The first-order valence-electron chi connectivity index (χ1n) is 5.56. The van der Waals surface area contributed by atoms with Crippen LogP contribution in [0.4, 0.5) is 0 Å². The molecule has 0 atom stereocenters. The fourth-order valence-electron chi connectivity index (χ4n) is 1.27. The third kappa shape index (κ3) is 3.86. The third-order valence-electron chi connectivity index (χ3n) is 2.11. The van der Waals surface area contributed by atoms with Gasteiger partial charge in [0.25, 0.3) is 0 Å². The van der Waals surface area contributed by atoms with Crippen molar-refractivity contribution in [1.82, 2.24) is 15.2 Å². The van der Waals surface area contributed by atoms with Gasteiger partial charge in [-0.25, -0.2) is 0 Å². The molecule has 0 spiro atoms. The van der Waals surface area contributed by atoms with Gasteiger partial charge in [-0.2, -0.15) is 4.98 Å². The highest BCUT2D eigenvalue weighted by atomic mass is 32.2. The average molecular weight is 269 g/mol. The van der Waals surface area contributed by atoms with Gasteiger partial charge in [0.2, 0.25) is 5.16 Å². The molecule has 0 unspecified atom stereocenters. The van der Waals surface area contributed by atoms with Crippen molar-refractivity contribution in [3.8, 4) is 11.6 Å². The average Bonchev–Trinajstić information content (AvgIpc) is 3.03. The van der Waals surface area contributed by atoms with Gasteiger partial charge in [-0.05, 0) is 12.1 Å². The minimum atomic E-state index is 0.614. The van der Waals surface area contributed by atoms with Crippen LogP contribution in [0.2, 0.25) is 0 Å². The van der Waals surface area contributed by atoms with E-state index in [1.165, 1.54) is 11.8 Å². The molecule has 0 bridgehead atoms. The first kappa shape index (κ1) is 13.1. The molecule has 0 amide bonds. The Morgan fingerprint density at radius 2 is 2.33 bits per heavy atom. The van der Waals surface area contributed by atoms with E-state index in [4.69, 9.17) is 13.9 Å². The number of methoxy groups -OCH3 is 1. The van der Waals surface area contributed by atoms with E-state index in [1.54, 1.807) is 13.4 Å². The molecule has 2 rings (SSSR count). The number of aromatic nitrogens is 3. The number of hydrogen-bond acceptors (Lipinski definition) is 6. The van der Waals surface area contributed by atoms with Crippen LogP contribution in [0.3, 0.4) is 0 Å². The number of nitrogens with zero attached hydrogens (tertiary/aromatic N) is 2. The Balaban J connectivity index is 1.71. The van der Waals surface area contributed by atoms with Crippen LogP contribution in [0.15, 0.2) is 28.0 Å². The number of hydrogen-bond donors (Lipinski definition) is 1. The van der Waals surface area contributed by atoms with E-state index < -0.39 is 0 Å². The molecule has 0 aliphatic rings. The normalized spacial score (nSPS) is 10.9. The Bertz CT molecular complexity index is 444. The standard InChI is InChI=1S/C11H15N3O3S/c1-15-5-6-16-7-8-18-11-12-10(13-14-11)9-3-2-4-17-9/h2-4H,5-8H2,1H3,(H,12,13,14). The van der Waals surface area contributed by atoms with Crippen molar-refractivity contribution in [1.29, 1.82) is 0 Å². The molecule has 0 radical (unpaired) electrons. The van der Waals surface area contributed by atoms with Gasteiger partial charge in [0.05, 0.1) is 26.1 Å². The van der Waals surface area contributed by atoms with E-state index in [2.05, 4.69) is 15.2 Å². The summed E-state index contributed by atoms with van der Waals surface area (Å²) < 4.78 is 15.4. The molecule has 0 aliphatic carbocycles. The number of aromatic amines is 1. The van der Waals surface area contributed by atoms with Crippen LogP contribution in [0.1, 0.15) is 0 Å². The maximum Gasteiger partial charge on any atom is 0.208 e. The van der Waals surface area contributed by atoms with Crippen molar-refractivity contribution in [3.05, 3.63) is 18.4 Å². The van der Waals surface area contributed by atoms with Crippen molar-refractivity contribution < 1.29 is 13.9 Å². The van der Waals surface area contributed by atoms with E-state index >= 15 is 0 Å². The Labute approximate surface area is 109 Å². The van der Waals surface area contributed by atoms with Gasteiger partial charge in [0.1, 0.15) is 0 Å². The van der Waals surface area contributed by atoms with Gasteiger partial charge in [-0.1, -0.05) is 11.8 Å². The largest absolute Gasteiger partial charge is 0.461 e. The highest BCUT2D eigenvalue weighted by Gasteiger charge is 2.07. The van der Waals surface area contributed by atoms with Gasteiger partial charge < -0.3 is 13.9 Å². The van der Waals surface area contributed by atoms with Crippen molar-refractivity contribution in [2.75, 3.05) is 32.7 Å². The van der Waals surface area contributed by atoms with Gasteiger partial charge in [0, 0.05) is 12.9 Å². The lowest BCUT2D eigenvalue weighted by molar-refractivity contribution is 0.0790. The first-order valence-corrected chi connectivity index (χ1v) is 6.54. The second-order valence-corrected chi connectivity index (χ2v) is 4.46. The molecule has 2 aromatic rings. The van der Waals surface area contributed by atoms with Crippen LogP contribution in [-0.4, -0.2) is 47.9 Å². The van der Waals surface area contributed by atoms with Crippen LogP contribution < -0.4 is 0 Å². The van der Waals surface area contributed by atoms with Gasteiger partial charge in [-0.15, -0.1) is 5.10 Å². The van der Waals surface area contributed by atoms with Crippen molar-refractivity contribution >= 4 is 11.8 Å². The zero-order valence-corrected chi connectivity index (χ0v) is 10.9. The predicted octanol–water partition coefficient (Wildman–Crippen LogP) is 1.82. The molecule has 1 N–H and O–H groups in total. The van der Waals surface area contributed by atoms with E-state index in [0.717, 1.165) is 5.75 Å². The van der Waals surface area contributed by atoms with Gasteiger partial charge in [-0.3, -0.25) is 5.10 Å². The van der Waals surface area contributed by atoms with Crippen LogP contribution in [0.5, 0.6) is 0 Å². The molecule has 98 valence electrons. The molecule has 2 heterocycles. The summed E-state index contributed by atoms with van der Waals surface area (Å²) in [7, 11) is 1.65. The summed E-state index contributed by atoms with van der Waals surface area (Å²) in [5, 5.41) is 7.62. The summed E-state index contributed by atoms with van der Waals surface area (Å²) in [4.78, 5) is 4.31. The highest BCUT2D eigenvalue weighted by Crippen LogP contribution is 2.18. The predicted molar refractivity (Wildman–Crippen MR) is 67.5 cm³/mol. The number of furan rings is 1. The first-order chi connectivity index (χ1) is 8.90. The maximum absolute atomic E-state index is 5.34. The van der Waals surface area contributed by atoms with E-state index in [-0.39, 0.29) is 0 Å². The smallest absolute Gasteiger partial charge is 0.208 e. The number of nitrogens with one attached hydrogen (secondary N) is 1. The van der Waals surface area contributed by atoms with E-state index in [9.17, 15) is 0 Å². The summed E-state index contributed by atoms with van der Waals surface area (Å²) in [5.74, 6) is 2.13. The second-order valence-electron chi connectivity index (χ2n) is 3.40. The minimum absolute atomic E-state index is 0.614. The quantitative estimate of drug-likeness (QED) is 0.582. The zero-order chi connectivity index (χ0) is 12.6. The van der Waals surface area contributed by atoms with Crippen molar-refractivity contribution in [3.63, 3.8) is 0 Å². The van der Waals surface area contributed by atoms with E-state index in [0.29, 0.717) is 36.6 Å². The summed E-state index contributed by atoms with van der Waals surface area (Å²) in [6, 6.07) is 3.65. The number of rotatable bonds is 8. The van der Waals surface area contributed by atoms with Gasteiger partial charge >= 0.3 is 0 Å². The highest BCUT2D eigenvalue weighted by molar-refractivity contribution is 7.99. The summed E-state index contributed by atoms with van der Waals surface area (Å²) in [6.45, 7) is 1.88. The summed E-state index contributed by atoms with van der Waals surface area (Å²) >= 11 is 1.54. The Morgan fingerprint density at radius 1 is 1.39 bits per heavy atom. The molecule has 7 heteroatoms. The summed E-state index contributed by atoms with van der Waals surface area (Å²) in [6.07, 6.45) is 1.61. The fraction of sp³-hybridized carbons (Fsp3) is 0.455. The fourth-order valence-corrected chi connectivity index (χ4v) is 1.92. The Hall–Kier alpha value is -1.31. The molecule has 0 saturated heterocycles. The number of thioether (sulfide) groups is 1. The van der Waals surface area contributed by atoms with Gasteiger partial charge in [0.15, 0.2) is 11.6 Å². The molecule has 0 saturated carbocycles. The Kier molecular flexibility index (Phi) is 5.25. The second kappa shape index (κ2) is 7.20. The molecule has 18 heavy (non-hydrogen) atoms. The van der Waals surface area contributed by atoms with Crippen LogP contribution in [0.25, 0.3) is 11.6 Å². The SMILES string of the molecule is COCCOCCSc1n[nH]c(-c2ccco2)n1. The molecular formula is C11H15N3O3S. The topological polar surface area (TPSA) is 73.2 Å². The molecule has 0 aromatic carbocycles. The monoisotopic (exact) mass is 269 g/mol. The molecule has 0 aliphatic heterocycles. The lowest BCUT2D eigenvalue weighted by Crippen LogP contribution is -2.04. The summed E-state index contributed by atoms with van der Waals surface area (Å²) in [5.41, 5.74) is 0. The van der Waals surface area contributed by atoms with Crippen molar-refractivity contribution in [2.24, 2.45) is 0 Å².